The maximum Gasteiger partial charge on any atom is 0.243 e. The quantitative estimate of drug-likeness (QED) is 0.700. The molecular formula is C14H21NO4S. The fourth-order valence-electron chi connectivity index (χ4n) is 1.97. The van der Waals surface area contributed by atoms with Crippen LogP contribution in [0.1, 0.15) is 18.1 Å². The van der Waals surface area contributed by atoms with Gasteiger partial charge in [0.1, 0.15) is 0 Å². The third-order valence-electron chi connectivity index (χ3n) is 3.05. The van der Waals surface area contributed by atoms with E-state index in [1.165, 1.54) is 18.2 Å². The first-order valence-corrected chi connectivity index (χ1v) is 7.89. The van der Waals surface area contributed by atoms with Gasteiger partial charge in [-0.05, 0) is 29.7 Å². The summed E-state index contributed by atoms with van der Waals surface area (Å²) in [6.45, 7) is 5.15. The van der Waals surface area contributed by atoms with Gasteiger partial charge < -0.3 is 10.2 Å². The van der Waals surface area contributed by atoms with Crippen molar-refractivity contribution in [3.8, 4) is 0 Å². The van der Waals surface area contributed by atoms with Crippen LogP contribution in [0.25, 0.3) is 0 Å². The SMILES string of the molecule is C=CCN(CCO)S(=O)(=O)c1ccc(CC)c(CO)c1. The molecule has 1 aromatic rings. The first-order valence-electron chi connectivity index (χ1n) is 6.45. The molecule has 0 aromatic heterocycles. The van der Waals surface area contributed by atoms with Crippen molar-refractivity contribution < 1.29 is 18.6 Å². The van der Waals surface area contributed by atoms with Crippen LogP contribution < -0.4 is 0 Å². The van der Waals surface area contributed by atoms with Gasteiger partial charge in [-0.25, -0.2) is 8.42 Å². The van der Waals surface area contributed by atoms with Gasteiger partial charge in [0.05, 0.1) is 18.1 Å². The highest BCUT2D eigenvalue weighted by Gasteiger charge is 2.23. The van der Waals surface area contributed by atoms with E-state index in [2.05, 4.69) is 6.58 Å². The summed E-state index contributed by atoms with van der Waals surface area (Å²) in [7, 11) is -3.69. The summed E-state index contributed by atoms with van der Waals surface area (Å²) in [5.41, 5.74) is 1.53. The molecule has 112 valence electrons. The van der Waals surface area contributed by atoms with E-state index in [4.69, 9.17) is 5.11 Å². The third-order valence-corrected chi connectivity index (χ3v) is 4.91. The molecular weight excluding hydrogens is 278 g/mol. The van der Waals surface area contributed by atoms with E-state index in [-0.39, 0.29) is 31.2 Å². The highest BCUT2D eigenvalue weighted by atomic mass is 32.2. The molecule has 0 aliphatic rings. The predicted molar refractivity (Wildman–Crippen MR) is 77.8 cm³/mol. The lowest BCUT2D eigenvalue weighted by Crippen LogP contribution is -2.33. The van der Waals surface area contributed by atoms with Crippen molar-refractivity contribution in [3.63, 3.8) is 0 Å². The van der Waals surface area contributed by atoms with Crippen molar-refractivity contribution in [2.24, 2.45) is 0 Å². The van der Waals surface area contributed by atoms with Gasteiger partial charge in [0.2, 0.25) is 10.0 Å². The summed E-state index contributed by atoms with van der Waals surface area (Å²) in [4.78, 5) is 0.119. The smallest absolute Gasteiger partial charge is 0.243 e. The van der Waals surface area contributed by atoms with E-state index < -0.39 is 10.0 Å². The van der Waals surface area contributed by atoms with Gasteiger partial charge in [0, 0.05) is 13.1 Å². The first kappa shape index (κ1) is 16.8. The molecule has 0 saturated carbocycles. The Morgan fingerprint density at radius 2 is 2.00 bits per heavy atom. The Bertz CT molecular complexity index is 554. The number of aryl methyl sites for hydroxylation is 1. The van der Waals surface area contributed by atoms with Crippen molar-refractivity contribution in [1.82, 2.24) is 4.31 Å². The predicted octanol–water partition coefficient (Wildman–Crippen LogP) is 0.910. The van der Waals surface area contributed by atoms with Crippen LogP contribution in [0.4, 0.5) is 0 Å². The van der Waals surface area contributed by atoms with E-state index >= 15 is 0 Å². The second kappa shape index (κ2) is 7.54. The van der Waals surface area contributed by atoms with Gasteiger partial charge in [-0.2, -0.15) is 4.31 Å². The number of sulfonamides is 1. The van der Waals surface area contributed by atoms with Crippen LogP contribution in [0, 0.1) is 0 Å². The average molecular weight is 299 g/mol. The van der Waals surface area contributed by atoms with Gasteiger partial charge in [0.25, 0.3) is 0 Å². The number of rotatable bonds is 8. The van der Waals surface area contributed by atoms with Crippen LogP contribution in [0.15, 0.2) is 35.7 Å². The Balaban J connectivity index is 3.22. The lowest BCUT2D eigenvalue weighted by atomic mass is 10.1. The standard InChI is InChI=1S/C14H21NO4S/c1-3-7-15(8-9-16)20(18,19)14-6-5-12(4-2)13(10-14)11-17/h3,5-6,10,16-17H,1,4,7-9,11H2,2H3. The molecule has 6 heteroatoms. The van der Waals surface area contributed by atoms with Gasteiger partial charge in [-0.3, -0.25) is 0 Å². The zero-order chi connectivity index (χ0) is 15.2. The Kier molecular flexibility index (Phi) is 6.35. The van der Waals surface area contributed by atoms with Crippen LogP contribution in [0.2, 0.25) is 0 Å². The summed E-state index contributed by atoms with van der Waals surface area (Å²) in [5, 5.41) is 18.3. The van der Waals surface area contributed by atoms with Crippen LogP contribution in [0.5, 0.6) is 0 Å². The van der Waals surface area contributed by atoms with Crippen molar-refractivity contribution in [1.29, 1.82) is 0 Å². The molecule has 1 rings (SSSR count). The minimum absolute atomic E-state index is 0.0122. The van der Waals surface area contributed by atoms with E-state index in [0.717, 1.165) is 16.3 Å². The van der Waals surface area contributed by atoms with Crippen molar-refractivity contribution in [2.45, 2.75) is 24.8 Å². The fourth-order valence-corrected chi connectivity index (χ4v) is 3.42. The molecule has 0 unspecified atom stereocenters. The number of aliphatic hydroxyl groups is 2. The molecule has 0 radical (unpaired) electrons. The van der Waals surface area contributed by atoms with Crippen LogP contribution in [0.3, 0.4) is 0 Å². The second-order valence-electron chi connectivity index (χ2n) is 4.32. The summed E-state index contributed by atoms with van der Waals surface area (Å²) in [6, 6.07) is 4.73. The topological polar surface area (TPSA) is 77.8 Å². The Morgan fingerprint density at radius 1 is 1.30 bits per heavy atom. The van der Waals surface area contributed by atoms with Gasteiger partial charge in [-0.1, -0.05) is 19.1 Å². The number of nitrogens with zero attached hydrogens (tertiary/aromatic N) is 1. The molecule has 0 aliphatic carbocycles. The number of benzene rings is 1. The van der Waals surface area contributed by atoms with Crippen molar-refractivity contribution in [3.05, 3.63) is 42.0 Å². The Hall–Kier alpha value is -1.21. The minimum Gasteiger partial charge on any atom is -0.395 e. The molecule has 20 heavy (non-hydrogen) atoms. The van der Waals surface area contributed by atoms with Gasteiger partial charge >= 0.3 is 0 Å². The minimum atomic E-state index is -3.69. The van der Waals surface area contributed by atoms with Gasteiger partial charge in [-0.15, -0.1) is 6.58 Å². The number of aliphatic hydroxyl groups excluding tert-OH is 2. The molecule has 0 amide bonds. The summed E-state index contributed by atoms with van der Waals surface area (Å²) in [6.07, 6.45) is 2.20. The van der Waals surface area contributed by atoms with E-state index in [1.54, 1.807) is 6.07 Å². The van der Waals surface area contributed by atoms with E-state index in [9.17, 15) is 13.5 Å². The lowest BCUT2D eigenvalue weighted by molar-refractivity contribution is 0.260. The molecule has 0 heterocycles. The van der Waals surface area contributed by atoms with Crippen LogP contribution in [-0.2, 0) is 23.1 Å². The molecule has 1 aromatic carbocycles. The zero-order valence-corrected chi connectivity index (χ0v) is 12.4. The highest BCUT2D eigenvalue weighted by Crippen LogP contribution is 2.20. The molecule has 0 bridgehead atoms. The van der Waals surface area contributed by atoms with E-state index in [1.807, 2.05) is 6.92 Å². The first-order chi connectivity index (χ1) is 9.51. The number of hydrogen-bond donors (Lipinski definition) is 2. The second-order valence-corrected chi connectivity index (χ2v) is 6.26. The fraction of sp³-hybridized carbons (Fsp3) is 0.429. The largest absolute Gasteiger partial charge is 0.395 e. The van der Waals surface area contributed by atoms with Gasteiger partial charge in [0.15, 0.2) is 0 Å². The monoisotopic (exact) mass is 299 g/mol. The molecule has 2 N–H and O–H groups in total. The van der Waals surface area contributed by atoms with Crippen LogP contribution >= 0.6 is 0 Å². The van der Waals surface area contributed by atoms with Crippen LogP contribution in [-0.4, -0.2) is 42.6 Å². The molecule has 0 saturated heterocycles. The molecule has 0 fully saturated rings. The molecule has 0 atom stereocenters. The molecule has 5 nitrogen and oxygen atoms in total. The molecule has 0 spiro atoms. The normalized spacial score (nSPS) is 11.8. The highest BCUT2D eigenvalue weighted by molar-refractivity contribution is 7.89. The summed E-state index contributed by atoms with van der Waals surface area (Å²) < 4.78 is 26.1. The third kappa shape index (κ3) is 3.67. The lowest BCUT2D eigenvalue weighted by Gasteiger charge is -2.20. The van der Waals surface area contributed by atoms with Crippen molar-refractivity contribution >= 4 is 10.0 Å². The maximum atomic E-state index is 12.5. The van der Waals surface area contributed by atoms with Crippen molar-refractivity contribution in [2.75, 3.05) is 19.7 Å². The maximum absolute atomic E-state index is 12.5. The Morgan fingerprint density at radius 3 is 2.50 bits per heavy atom. The number of hydrogen-bond acceptors (Lipinski definition) is 4. The Labute approximate surface area is 120 Å². The van der Waals surface area contributed by atoms with E-state index in [0.29, 0.717) is 5.56 Å². The average Bonchev–Trinajstić information content (AvgIpc) is 2.46. The zero-order valence-electron chi connectivity index (χ0n) is 11.6. The summed E-state index contributed by atoms with van der Waals surface area (Å²) >= 11 is 0. The molecule has 0 aliphatic heterocycles. The summed E-state index contributed by atoms with van der Waals surface area (Å²) in [5.74, 6) is 0.